The van der Waals surface area contributed by atoms with Gasteiger partial charge in [-0.1, -0.05) is 0 Å². The Bertz CT molecular complexity index is 450. The van der Waals surface area contributed by atoms with Crippen molar-refractivity contribution in [1.29, 1.82) is 0 Å². The van der Waals surface area contributed by atoms with Gasteiger partial charge in [0, 0.05) is 18.8 Å². The Morgan fingerprint density at radius 3 is 2.43 bits per heavy atom. The van der Waals surface area contributed by atoms with E-state index in [0.29, 0.717) is 19.6 Å². The lowest BCUT2D eigenvalue weighted by molar-refractivity contribution is -0.150. The Balaban J connectivity index is 2.73. The summed E-state index contributed by atoms with van der Waals surface area (Å²) < 4.78 is 18.1. The van der Waals surface area contributed by atoms with E-state index < -0.39 is 5.54 Å². The van der Waals surface area contributed by atoms with Crippen LogP contribution in [-0.4, -0.2) is 38.3 Å². The maximum atomic E-state index is 13.0. The van der Waals surface area contributed by atoms with Gasteiger partial charge in [-0.25, -0.2) is 4.39 Å². The Hall–Kier alpha value is -1.62. The van der Waals surface area contributed by atoms with E-state index in [1.165, 1.54) is 12.1 Å². The zero-order valence-electron chi connectivity index (χ0n) is 13.3. The largest absolute Gasteiger partial charge is 0.465 e. The number of carbonyl (C=O) groups excluding carboxylic acids is 1. The molecule has 1 aromatic carbocycles. The summed E-state index contributed by atoms with van der Waals surface area (Å²) in [5.74, 6) is -0.496. The molecule has 0 bridgehead atoms. The monoisotopic (exact) mass is 296 g/mol. The van der Waals surface area contributed by atoms with Crippen LogP contribution in [0.2, 0.25) is 0 Å². The first-order chi connectivity index (χ1) is 9.96. The molecule has 0 aliphatic heterocycles. The maximum absolute atomic E-state index is 13.0. The first-order valence-electron chi connectivity index (χ1n) is 7.33. The number of halogens is 1. The Labute approximate surface area is 126 Å². The molecule has 118 valence electrons. The van der Waals surface area contributed by atoms with Crippen LogP contribution in [-0.2, 0) is 9.53 Å². The Morgan fingerprint density at radius 1 is 1.33 bits per heavy atom. The third-order valence-electron chi connectivity index (χ3n) is 3.73. The van der Waals surface area contributed by atoms with E-state index in [1.807, 2.05) is 13.8 Å². The number of hydrogen-bond acceptors (Lipinski definition) is 4. The average molecular weight is 296 g/mol. The maximum Gasteiger partial charge on any atom is 0.326 e. The van der Waals surface area contributed by atoms with Crippen molar-refractivity contribution >= 4 is 11.7 Å². The van der Waals surface area contributed by atoms with Gasteiger partial charge >= 0.3 is 5.97 Å². The lowest BCUT2D eigenvalue weighted by Crippen LogP contribution is -2.50. The molecule has 1 rings (SSSR count). The summed E-state index contributed by atoms with van der Waals surface area (Å²) in [6.07, 6.45) is 0.605. The van der Waals surface area contributed by atoms with Gasteiger partial charge in [0.05, 0.1) is 6.61 Å². The first kappa shape index (κ1) is 17.4. The number of ether oxygens (including phenoxy) is 1. The summed E-state index contributed by atoms with van der Waals surface area (Å²) >= 11 is 0. The predicted molar refractivity (Wildman–Crippen MR) is 83.0 cm³/mol. The molecule has 0 heterocycles. The van der Waals surface area contributed by atoms with Crippen LogP contribution in [0.3, 0.4) is 0 Å². The molecular weight excluding hydrogens is 271 g/mol. The third-order valence-corrected chi connectivity index (χ3v) is 3.73. The zero-order chi connectivity index (χ0) is 15.9. The fourth-order valence-electron chi connectivity index (χ4n) is 2.10. The second-order valence-corrected chi connectivity index (χ2v) is 5.11. The van der Waals surface area contributed by atoms with Crippen molar-refractivity contribution in [2.75, 3.05) is 31.6 Å². The number of esters is 1. The zero-order valence-corrected chi connectivity index (χ0v) is 13.3. The van der Waals surface area contributed by atoms with Crippen molar-refractivity contribution in [1.82, 2.24) is 5.32 Å². The number of carbonyl (C=O) groups is 1. The minimum atomic E-state index is -0.719. The summed E-state index contributed by atoms with van der Waals surface area (Å²) in [5, 5.41) is 3.04. The van der Waals surface area contributed by atoms with Crippen LogP contribution in [0.5, 0.6) is 0 Å². The fourth-order valence-corrected chi connectivity index (χ4v) is 2.10. The highest BCUT2D eigenvalue weighted by molar-refractivity contribution is 5.80. The SMILES string of the molecule is CCOC(=O)C(C)(CCN(CC)c1ccc(F)cc1)NC. The van der Waals surface area contributed by atoms with E-state index in [-0.39, 0.29) is 11.8 Å². The van der Waals surface area contributed by atoms with Crippen LogP contribution in [0, 0.1) is 5.82 Å². The second-order valence-electron chi connectivity index (χ2n) is 5.11. The van der Waals surface area contributed by atoms with Gasteiger partial charge in [0.2, 0.25) is 0 Å². The molecule has 21 heavy (non-hydrogen) atoms. The summed E-state index contributed by atoms with van der Waals surface area (Å²) in [4.78, 5) is 14.1. The molecule has 4 nitrogen and oxygen atoms in total. The van der Waals surface area contributed by atoms with Gasteiger partial charge in [0.25, 0.3) is 0 Å². The van der Waals surface area contributed by atoms with Gasteiger partial charge < -0.3 is 15.0 Å². The molecule has 0 aliphatic rings. The van der Waals surface area contributed by atoms with Crippen molar-refractivity contribution in [3.8, 4) is 0 Å². The van der Waals surface area contributed by atoms with E-state index >= 15 is 0 Å². The lowest BCUT2D eigenvalue weighted by Gasteiger charge is -2.31. The summed E-state index contributed by atoms with van der Waals surface area (Å²) in [6, 6.07) is 6.39. The molecular formula is C16H25FN2O2. The number of nitrogens with one attached hydrogen (secondary N) is 1. The van der Waals surface area contributed by atoms with Crippen molar-refractivity contribution in [2.24, 2.45) is 0 Å². The molecule has 0 amide bonds. The standard InChI is InChI=1S/C16H25FN2O2/c1-5-19(14-9-7-13(17)8-10-14)12-11-16(3,18-4)15(20)21-6-2/h7-10,18H,5-6,11-12H2,1-4H3. The fraction of sp³-hybridized carbons (Fsp3) is 0.562. The average Bonchev–Trinajstić information content (AvgIpc) is 2.49. The summed E-state index contributed by atoms with van der Waals surface area (Å²) in [6.45, 7) is 7.50. The van der Waals surface area contributed by atoms with Crippen molar-refractivity contribution in [3.05, 3.63) is 30.1 Å². The highest BCUT2D eigenvalue weighted by atomic mass is 19.1. The van der Waals surface area contributed by atoms with Gasteiger partial charge in [0.15, 0.2) is 0 Å². The van der Waals surface area contributed by atoms with E-state index in [4.69, 9.17) is 4.74 Å². The van der Waals surface area contributed by atoms with Crippen LogP contribution in [0.4, 0.5) is 10.1 Å². The summed E-state index contributed by atoms with van der Waals surface area (Å²) in [7, 11) is 1.76. The normalized spacial score (nSPS) is 13.6. The van der Waals surface area contributed by atoms with Gasteiger partial charge in [0.1, 0.15) is 11.4 Å². The predicted octanol–water partition coefficient (Wildman–Crippen LogP) is 2.58. The molecule has 0 saturated heterocycles. The molecule has 0 saturated carbocycles. The first-order valence-corrected chi connectivity index (χ1v) is 7.33. The van der Waals surface area contributed by atoms with Crippen LogP contribution >= 0.6 is 0 Å². The second kappa shape index (κ2) is 7.98. The quantitative estimate of drug-likeness (QED) is 0.749. The molecule has 0 aromatic heterocycles. The highest BCUT2D eigenvalue weighted by Gasteiger charge is 2.33. The van der Waals surface area contributed by atoms with Crippen LogP contribution in [0.15, 0.2) is 24.3 Å². The van der Waals surface area contributed by atoms with Crippen LogP contribution in [0.25, 0.3) is 0 Å². The van der Waals surface area contributed by atoms with Crippen LogP contribution < -0.4 is 10.2 Å². The molecule has 1 aromatic rings. The molecule has 0 fully saturated rings. The van der Waals surface area contributed by atoms with Gasteiger partial charge in [-0.15, -0.1) is 0 Å². The number of likely N-dealkylation sites (N-methyl/N-ethyl adjacent to an activating group) is 1. The van der Waals surface area contributed by atoms with E-state index in [9.17, 15) is 9.18 Å². The molecule has 1 atom stereocenters. The van der Waals surface area contributed by atoms with Gasteiger partial charge in [-0.05, 0) is 58.5 Å². The van der Waals surface area contributed by atoms with Crippen molar-refractivity contribution in [2.45, 2.75) is 32.7 Å². The number of hydrogen-bond donors (Lipinski definition) is 1. The minimum Gasteiger partial charge on any atom is -0.465 e. The highest BCUT2D eigenvalue weighted by Crippen LogP contribution is 2.18. The van der Waals surface area contributed by atoms with Gasteiger partial charge in [-0.2, -0.15) is 0 Å². The topological polar surface area (TPSA) is 41.6 Å². The Morgan fingerprint density at radius 2 is 1.95 bits per heavy atom. The molecule has 1 unspecified atom stereocenters. The number of anilines is 1. The number of benzene rings is 1. The molecule has 0 spiro atoms. The van der Waals surface area contributed by atoms with E-state index in [1.54, 1.807) is 26.1 Å². The molecule has 5 heteroatoms. The third kappa shape index (κ3) is 4.70. The smallest absolute Gasteiger partial charge is 0.326 e. The van der Waals surface area contributed by atoms with Crippen LogP contribution in [0.1, 0.15) is 27.2 Å². The Kier molecular flexibility index (Phi) is 6.62. The minimum absolute atomic E-state index is 0.248. The van der Waals surface area contributed by atoms with E-state index in [2.05, 4.69) is 10.2 Å². The summed E-state index contributed by atoms with van der Waals surface area (Å²) in [5.41, 5.74) is 0.227. The number of nitrogens with zero attached hydrogens (tertiary/aromatic N) is 1. The van der Waals surface area contributed by atoms with Crippen molar-refractivity contribution < 1.29 is 13.9 Å². The van der Waals surface area contributed by atoms with E-state index in [0.717, 1.165) is 12.2 Å². The van der Waals surface area contributed by atoms with Crippen molar-refractivity contribution in [3.63, 3.8) is 0 Å². The van der Waals surface area contributed by atoms with Gasteiger partial charge in [-0.3, -0.25) is 4.79 Å². The number of rotatable bonds is 8. The molecule has 0 aliphatic carbocycles. The molecule has 0 radical (unpaired) electrons. The molecule has 1 N–H and O–H groups in total. The lowest BCUT2D eigenvalue weighted by atomic mass is 9.97.